The van der Waals surface area contributed by atoms with E-state index in [1.165, 1.54) is 0 Å². The number of H-pyrrole nitrogens is 1. The van der Waals surface area contributed by atoms with E-state index in [9.17, 15) is 4.79 Å². The fourth-order valence-corrected chi connectivity index (χ4v) is 2.28. The van der Waals surface area contributed by atoms with E-state index in [2.05, 4.69) is 10.2 Å². The standard InChI is InChI=1S/C14H24N4O3/c1-20-8-3-6-18(7-9-21-2)14(19)13-11(15)12(16-17-13)10-4-5-10/h10H,3-9,15H2,1-2H3,(H,16,17). The first kappa shape index (κ1) is 15.8. The van der Waals surface area contributed by atoms with Crippen LogP contribution in [0.3, 0.4) is 0 Å². The third kappa shape index (κ3) is 3.95. The highest BCUT2D eigenvalue weighted by atomic mass is 16.5. The Hall–Kier alpha value is -1.60. The number of nitrogens with two attached hydrogens (primary N) is 1. The molecule has 7 nitrogen and oxygen atoms in total. The molecule has 1 aliphatic carbocycles. The summed E-state index contributed by atoms with van der Waals surface area (Å²) >= 11 is 0. The summed E-state index contributed by atoms with van der Waals surface area (Å²) in [6.45, 7) is 2.21. The first-order chi connectivity index (χ1) is 10.2. The van der Waals surface area contributed by atoms with Gasteiger partial charge < -0.3 is 20.1 Å². The Labute approximate surface area is 124 Å². The molecule has 1 saturated carbocycles. The fourth-order valence-electron chi connectivity index (χ4n) is 2.28. The van der Waals surface area contributed by atoms with Crippen molar-refractivity contribution in [2.45, 2.75) is 25.2 Å². The Bertz CT molecular complexity index is 471. The largest absolute Gasteiger partial charge is 0.395 e. The van der Waals surface area contributed by atoms with E-state index in [-0.39, 0.29) is 5.91 Å². The van der Waals surface area contributed by atoms with E-state index in [0.29, 0.717) is 43.6 Å². The van der Waals surface area contributed by atoms with Gasteiger partial charge in [0.2, 0.25) is 0 Å². The van der Waals surface area contributed by atoms with E-state index in [1.54, 1.807) is 19.1 Å². The molecule has 0 bridgehead atoms. The number of ether oxygens (including phenoxy) is 2. The van der Waals surface area contributed by atoms with E-state index >= 15 is 0 Å². The third-order valence-corrected chi connectivity index (χ3v) is 3.65. The monoisotopic (exact) mass is 296 g/mol. The normalized spacial score (nSPS) is 14.4. The number of methoxy groups -OCH3 is 2. The van der Waals surface area contributed by atoms with Crippen molar-refractivity contribution in [3.05, 3.63) is 11.4 Å². The number of rotatable bonds is 9. The van der Waals surface area contributed by atoms with Crippen molar-refractivity contribution >= 4 is 11.6 Å². The minimum absolute atomic E-state index is 0.149. The Balaban J connectivity index is 2.04. The van der Waals surface area contributed by atoms with E-state index < -0.39 is 0 Å². The van der Waals surface area contributed by atoms with Crippen LogP contribution in [0.15, 0.2) is 0 Å². The zero-order chi connectivity index (χ0) is 15.2. The molecule has 0 aromatic carbocycles. The second-order valence-corrected chi connectivity index (χ2v) is 5.31. The van der Waals surface area contributed by atoms with Crippen molar-refractivity contribution in [3.8, 4) is 0 Å². The summed E-state index contributed by atoms with van der Waals surface area (Å²) in [6, 6.07) is 0. The Morgan fingerprint density at radius 3 is 2.67 bits per heavy atom. The molecule has 1 fully saturated rings. The van der Waals surface area contributed by atoms with Gasteiger partial charge in [-0.25, -0.2) is 0 Å². The second-order valence-electron chi connectivity index (χ2n) is 5.31. The Morgan fingerprint density at radius 1 is 1.33 bits per heavy atom. The summed E-state index contributed by atoms with van der Waals surface area (Å²) in [5.74, 6) is 0.295. The van der Waals surface area contributed by atoms with Gasteiger partial charge in [0, 0.05) is 39.8 Å². The maximum absolute atomic E-state index is 12.6. The fraction of sp³-hybridized carbons (Fsp3) is 0.714. The van der Waals surface area contributed by atoms with Crippen LogP contribution in [0.5, 0.6) is 0 Å². The lowest BCUT2D eigenvalue weighted by Crippen LogP contribution is -2.35. The van der Waals surface area contributed by atoms with Gasteiger partial charge in [-0.15, -0.1) is 0 Å². The molecule has 2 rings (SSSR count). The van der Waals surface area contributed by atoms with Crippen LogP contribution in [0.25, 0.3) is 0 Å². The Morgan fingerprint density at radius 2 is 2.05 bits per heavy atom. The first-order valence-electron chi connectivity index (χ1n) is 7.30. The minimum Gasteiger partial charge on any atom is -0.395 e. The molecular weight excluding hydrogens is 272 g/mol. The summed E-state index contributed by atoms with van der Waals surface area (Å²) in [5, 5.41) is 7.04. The number of hydrogen-bond donors (Lipinski definition) is 2. The topological polar surface area (TPSA) is 93.5 Å². The average Bonchev–Trinajstić information content (AvgIpc) is 3.25. The number of nitrogens with one attached hydrogen (secondary N) is 1. The second kappa shape index (κ2) is 7.42. The summed E-state index contributed by atoms with van der Waals surface area (Å²) in [4.78, 5) is 14.3. The molecule has 1 aromatic heterocycles. The zero-order valence-corrected chi connectivity index (χ0v) is 12.7. The summed E-state index contributed by atoms with van der Waals surface area (Å²) in [7, 11) is 3.26. The van der Waals surface area contributed by atoms with Gasteiger partial charge in [-0.1, -0.05) is 0 Å². The van der Waals surface area contributed by atoms with Crippen molar-refractivity contribution in [2.24, 2.45) is 0 Å². The number of carbonyl (C=O) groups excluding carboxylic acids is 1. The van der Waals surface area contributed by atoms with Gasteiger partial charge in [-0.05, 0) is 19.3 Å². The number of nitrogen functional groups attached to an aromatic ring is 1. The van der Waals surface area contributed by atoms with Gasteiger partial charge in [0.05, 0.1) is 18.0 Å². The molecule has 1 aliphatic rings. The van der Waals surface area contributed by atoms with E-state index in [1.807, 2.05) is 0 Å². The molecule has 0 aliphatic heterocycles. The lowest BCUT2D eigenvalue weighted by molar-refractivity contribution is 0.0669. The Kier molecular flexibility index (Phi) is 5.58. The summed E-state index contributed by atoms with van der Waals surface area (Å²) in [6.07, 6.45) is 2.99. The number of aromatic nitrogens is 2. The highest BCUT2D eigenvalue weighted by Crippen LogP contribution is 2.42. The molecule has 0 radical (unpaired) electrons. The maximum Gasteiger partial charge on any atom is 0.276 e. The zero-order valence-electron chi connectivity index (χ0n) is 12.7. The van der Waals surface area contributed by atoms with E-state index in [0.717, 1.165) is 25.0 Å². The number of nitrogens with zero attached hydrogens (tertiary/aromatic N) is 2. The van der Waals surface area contributed by atoms with Gasteiger partial charge in [-0.2, -0.15) is 5.10 Å². The molecule has 0 spiro atoms. The molecule has 3 N–H and O–H groups in total. The number of amides is 1. The molecule has 7 heteroatoms. The molecule has 1 aromatic rings. The molecule has 118 valence electrons. The molecule has 1 amide bonds. The average molecular weight is 296 g/mol. The summed E-state index contributed by atoms with van der Waals surface area (Å²) < 4.78 is 10.1. The highest BCUT2D eigenvalue weighted by Gasteiger charge is 2.31. The molecule has 1 heterocycles. The van der Waals surface area contributed by atoms with Crippen LogP contribution >= 0.6 is 0 Å². The van der Waals surface area contributed by atoms with Crippen LogP contribution in [0.2, 0.25) is 0 Å². The van der Waals surface area contributed by atoms with Crippen molar-refractivity contribution in [2.75, 3.05) is 46.3 Å². The van der Waals surface area contributed by atoms with Crippen LogP contribution in [0, 0.1) is 0 Å². The number of hydrogen-bond acceptors (Lipinski definition) is 5. The van der Waals surface area contributed by atoms with Crippen LogP contribution < -0.4 is 5.73 Å². The molecular formula is C14H24N4O3. The number of carbonyl (C=O) groups is 1. The van der Waals surface area contributed by atoms with Crippen LogP contribution in [0.4, 0.5) is 5.69 Å². The smallest absolute Gasteiger partial charge is 0.276 e. The highest BCUT2D eigenvalue weighted by molar-refractivity contribution is 5.97. The third-order valence-electron chi connectivity index (χ3n) is 3.65. The molecule has 0 saturated heterocycles. The van der Waals surface area contributed by atoms with Crippen LogP contribution in [-0.2, 0) is 9.47 Å². The number of aromatic amines is 1. The van der Waals surface area contributed by atoms with Gasteiger partial charge in [0.25, 0.3) is 5.91 Å². The van der Waals surface area contributed by atoms with Gasteiger partial charge >= 0.3 is 0 Å². The van der Waals surface area contributed by atoms with Crippen molar-refractivity contribution in [3.63, 3.8) is 0 Å². The molecule has 0 atom stereocenters. The van der Waals surface area contributed by atoms with Gasteiger partial charge in [0.15, 0.2) is 5.69 Å². The van der Waals surface area contributed by atoms with Crippen molar-refractivity contribution in [1.29, 1.82) is 0 Å². The van der Waals surface area contributed by atoms with Crippen LogP contribution in [0.1, 0.15) is 41.4 Å². The predicted molar refractivity (Wildman–Crippen MR) is 79.2 cm³/mol. The summed E-state index contributed by atoms with van der Waals surface area (Å²) in [5.41, 5.74) is 7.80. The van der Waals surface area contributed by atoms with Gasteiger partial charge in [-0.3, -0.25) is 9.89 Å². The lowest BCUT2D eigenvalue weighted by Gasteiger charge is -2.21. The maximum atomic E-state index is 12.6. The first-order valence-corrected chi connectivity index (χ1v) is 7.30. The predicted octanol–water partition coefficient (Wildman–Crippen LogP) is 0.994. The van der Waals surface area contributed by atoms with Crippen molar-refractivity contribution in [1.82, 2.24) is 15.1 Å². The number of anilines is 1. The molecule has 0 unspecified atom stereocenters. The quantitative estimate of drug-likeness (QED) is 0.663. The SMILES string of the molecule is COCCCN(CCOC)C(=O)c1n[nH]c(C2CC2)c1N. The van der Waals surface area contributed by atoms with Gasteiger partial charge in [0.1, 0.15) is 0 Å². The van der Waals surface area contributed by atoms with Crippen LogP contribution in [-0.4, -0.2) is 61.5 Å². The molecule has 21 heavy (non-hydrogen) atoms. The lowest BCUT2D eigenvalue weighted by atomic mass is 10.2. The van der Waals surface area contributed by atoms with E-state index in [4.69, 9.17) is 15.2 Å². The van der Waals surface area contributed by atoms with Crippen molar-refractivity contribution < 1.29 is 14.3 Å². The minimum atomic E-state index is -0.149.